The van der Waals surface area contributed by atoms with Gasteiger partial charge in [0.25, 0.3) is 0 Å². The standard InChI is InChI=1S/C41H70O13/c1-8-28(42)21-29-16-14-19-40(52-29)23-30-25(2)31(53-40)24-41(50)27(22-37(4,5)54-41)15-12-10-9-11-13-18-38(6,48)36(47)34(45)33(44)26(3)35(46)39(7,49)20-17-32(43)51-30/h12,15,17,20,25-31,33-36,42,44-50H,8-11,13-14,16,18-19,21-24H2,1-7H3/b15-12+,20-17+/t25-,26+,27-,28-,29+,30+,31+,33+,34+,35+,36+,38+,39-,40-,41-/m0/s1. The molecule has 0 radical (unpaired) electrons. The quantitative estimate of drug-likeness (QED) is 0.153. The van der Waals surface area contributed by atoms with Crippen molar-refractivity contribution in [2.45, 2.75) is 209 Å². The molecular formula is C41H70O13. The van der Waals surface area contributed by atoms with Crippen molar-refractivity contribution in [3.8, 4) is 0 Å². The van der Waals surface area contributed by atoms with Gasteiger partial charge in [-0.25, -0.2) is 4.79 Å². The van der Waals surface area contributed by atoms with Crippen LogP contribution in [0.15, 0.2) is 24.3 Å². The summed E-state index contributed by atoms with van der Waals surface area (Å²) in [6.07, 6.45) is 3.50. The summed E-state index contributed by atoms with van der Waals surface area (Å²) in [6.45, 7) is 11.7. The summed E-state index contributed by atoms with van der Waals surface area (Å²) in [4.78, 5) is 13.4. The van der Waals surface area contributed by atoms with Gasteiger partial charge in [0.15, 0.2) is 11.6 Å². The second-order valence-electron chi connectivity index (χ2n) is 17.9. The van der Waals surface area contributed by atoms with Gasteiger partial charge in [-0.15, -0.1) is 0 Å². The van der Waals surface area contributed by atoms with Crippen LogP contribution < -0.4 is 0 Å². The largest absolute Gasteiger partial charge is 0.459 e. The zero-order chi connectivity index (χ0) is 40.3. The molecule has 0 aromatic heterocycles. The molecule has 2 bridgehead atoms. The van der Waals surface area contributed by atoms with Crippen molar-refractivity contribution >= 4 is 5.97 Å². The summed E-state index contributed by atoms with van der Waals surface area (Å²) in [7, 11) is 0. The molecule has 4 heterocycles. The molecular weight excluding hydrogens is 700 g/mol. The lowest BCUT2D eigenvalue weighted by atomic mass is 9.79. The van der Waals surface area contributed by atoms with Gasteiger partial charge in [0.2, 0.25) is 0 Å². The number of ether oxygens (including phenoxy) is 4. The number of allylic oxidation sites excluding steroid dienone is 1. The first-order chi connectivity index (χ1) is 25.0. The first-order valence-electron chi connectivity index (χ1n) is 20.2. The lowest BCUT2D eigenvalue weighted by Gasteiger charge is -2.51. The van der Waals surface area contributed by atoms with Gasteiger partial charge in [-0.2, -0.15) is 0 Å². The van der Waals surface area contributed by atoms with Crippen LogP contribution in [-0.2, 0) is 23.7 Å². The minimum absolute atomic E-state index is 0.0776. The number of aliphatic hydroxyl groups is 8. The third-order valence-corrected chi connectivity index (χ3v) is 12.5. The molecule has 54 heavy (non-hydrogen) atoms. The van der Waals surface area contributed by atoms with Crippen molar-refractivity contribution in [2.75, 3.05) is 0 Å². The van der Waals surface area contributed by atoms with Crippen molar-refractivity contribution in [3.05, 3.63) is 24.3 Å². The Labute approximate surface area is 321 Å². The number of hydrogen-bond donors (Lipinski definition) is 8. The zero-order valence-corrected chi connectivity index (χ0v) is 33.5. The van der Waals surface area contributed by atoms with E-state index in [0.29, 0.717) is 44.9 Å². The Bertz CT molecular complexity index is 1280. The lowest BCUT2D eigenvalue weighted by molar-refractivity contribution is -0.352. The van der Waals surface area contributed by atoms with Gasteiger partial charge in [0.05, 0.1) is 41.7 Å². The molecule has 0 aromatic rings. The lowest BCUT2D eigenvalue weighted by Crippen LogP contribution is -2.58. The van der Waals surface area contributed by atoms with E-state index in [4.69, 9.17) is 18.9 Å². The third-order valence-electron chi connectivity index (χ3n) is 12.5. The molecule has 0 aliphatic carbocycles. The van der Waals surface area contributed by atoms with E-state index in [1.54, 1.807) is 0 Å². The molecule has 13 nitrogen and oxygen atoms in total. The SMILES string of the molecule is CC[C@H](O)C[C@H]1CCC[C@]2(C[C@H]3OC(=O)/C=C/[C@](C)(O)[C@H](O)[C@H](C)[C@@H](O)[C@@H](O)[C@@H](O)[C@](C)(O)CCCCC/C=C/[C@H]4CC(C)(C)O[C@@]4(O)C[C@@H](O2)[C@H]3C)O1. The Morgan fingerprint density at radius 1 is 0.833 bits per heavy atom. The van der Waals surface area contributed by atoms with E-state index in [0.717, 1.165) is 31.4 Å². The Hall–Kier alpha value is -1.49. The maximum absolute atomic E-state index is 13.4. The van der Waals surface area contributed by atoms with Crippen LogP contribution >= 0.6 is 0 Å². The normalized spacial score (nSPS) is 47.9. The molecule has 1 spiro atoms. The summed E-state index contributed by atoms with van der Waals surface area (Å²) in [5.74, 6) is -5.54. The van der Waals surface area contributed by atoms with E-state index in [2.05, 4.69) is 0 Å². The summed E-state index contributed by atoms with van der Waals surface area (Å²) in [5.41, 5.74) is -4.46. The van der Waals surface area contributed by atoms with Gasteiger partial charge in [-0.1, -0.05) is 45.8 Å². The minimum atomic E-state index is -2.08. The molecule has 15 atom stereocenters. The van der Waals surface area contributed by atoms with Crippen molar-refractivity contribution in [3.63, 3.8) is 0 Å². The number of carbonyl (C=O) groups excluding carboxylic acids is 1. The summed E-state index contributed by atoms with van der Waals surface area (Å²) >= 11 is 0. The predicted molar refractivity (Wildman–Crippen MR) is 200 cm³/mol. The number of rotatable bonds is 3. The highest BCUT2D eigenvalue weighted by molar-refractivity contribution is 5.82. The number of hydrogen-bond acceptors (Lipinski definition) is 13. The van der Waals surface area contributed by atoms with Crippen LogP contribution in [0.5, 0.6) is 0 Å². The summed E-state index contributed by atoms with van der Waals surface area (Å²) in [5, 5.41) is 88.6. The number of fused-ring (bicyclic) bond motifs is 3. The van der Waals surface area contributed by atoms with E-state index >= 15 is 0 Å². The number of esters is 1. The fourth-order valence-electron chi connectivity index (χ4n) is 8.86. The molecule has 3 saturated heterocycles. The second kappa shape index (κ2) is 18.0. The van der Waals surface area contributed by atoms with Crippen LogP contribution in [0.3, 0.4) is 0 Å². The third kappa shape index (κ3) is 11.1. The fourth-order valence-corrected chi connectivity index (χ4v) is 8.86. The second-order valence-corrected chi connectivity index (χ2v) is 17.9. The van der Waals surface area contributed by atoms with Gasteiger partial charge < -0.3 is 59.8 Å². The van der Waals surface area contributed by atoms with E-state index in [1.165, 1.54) is 20.8 Å². The molecule has 13 heteroatoms. The van der Waals surface area contributed by atoms with Crippen LogP contribution in [-0.4, -0.2) is 124 Å². The Balaban J connectivity index is 1.67. The highest BCUT2D eigenvalue weighted by Crippen LogP contribution is 2.49. The van der Waals surface area contributed by atoms with Gasteiger partial charge in [0, 0.05) is 43.1 Å². The van der Waals surface area contributed by atoms with E-state index in [-0.39, 0.29) is 31.3 Å². The van der Waals surface area contributed by atoms with E-state index in [1.807, 2.05) is 39.8 Å². The highest BCUT2D eigenvalue weighted by Gasteiger charge is 2.56. The first-order valence-corrected chi connectivity index (χ1v) is 20.2. The van der Waals surface area contributed by atoms with E-state index in [9.17, 15) is 45.6 Å². The smallest absolute Gasteiger partial charge is 0.330 e. The number of carbonyl (C=O) groups is 1. The molecule has 0 saturated carbocycles. The van der Waals surface area contributed by atoms with Gasteiger partial charge in [0.1, 0.15) is 23.9 Å². The average Bonchev–Trinajstić information content (AvgIpc) is 3.33. The molecule has 3 fully saturated rings. The van der Waals surface area contributed by atoms with Crippen LogP contribution in [0, 0.1) is 17.8 Å². The first kappa shape index (κ1) is 45.2. The van der Waals surface area contributed by atoms with Crippen molar-refractivity contribution in [1.82, 2.24) is 0 Å². The van der Waals surface area contributed by atoms with Crippen molar-refractivity contribution in [1.29, 1.82) is 0 Å². The molecule has 8 N–H and O–H groups in total. The van der Waals surface area contributed by atoms with Crippen LogP contribution in [0.4, 0.5) is 0 Å². The Morgan fingerprint density at radius 3 is 2.22 bits per heavy atom. The predicted octanol–water partition coefficient (Wildman–Crippen LogP) is 3.30. The molecule has 0 unspecified atom stereocenters. The van der Waals surface area contributed by atoms with Gasteiger partial charge in [-0.3, -0.25) is 0 Å². The Morgan fingerprint density at radius 2 is 1.54 bits per heavy atom. The maximum atomic E-state index is 13.4. The highest BCUT2D eigenvalue weighted by atomic mass is 16.7. The van der Waals surface area contributed by atoms with E-state index < -0.39 is 88.9 Å². The van der Waals surface area contributed by atoms with Crippen molar-refractivity contribution in [2.24, 2.45) is 17.8 Å². The molecule has 4 aliphatic rings. The zero-order valence-electron chi connectivity index (χ0n) is 33.5. The maximum Gasteiger partial charge on any atom is 0.330 e. The Kier molecular flexibility index (Phi) is 15.0. The minimum Gasteiger partial charge on any atom is -0.459 e. The van der Waals surface area contributed by atoms with Gasteiger partial charge >= 0.3 is 5.97 Å². The van der Waals surface area contributed by atoms with Crippen LogP contribution in [0.2, 0.25) is 0 Å². The monoisotopic (exact) mass is 770 g/mol. The molecule has 0 amide bonds. The van der Waals surface area contributed by atoms with Crippen LogP contribution in [0.25, 0.3) is 0 Å². The van der Waals surface area contributed by atoms with Crippen molar-refractivity contribution < 1.29 is 64.6 Å². The molecule has 4 aliphatic heterocycles. The summed E-state index contributed by atoms with van der Waals surface area (Å²) < 4.78 is 25.8. The molecule has 4 rings (SSSR count). The average molecular weight is 771 g/mol. The molecule has 0 aromatic carbocycles. The molecule has 312 valence electrons. The summed E-state index contributed by atoms with van der Waals surface area (Å²) in [6, 6.07) is 0. The van der Waals surface area contributed by atoms with Crippen LogP contribution in [0.1, 0.15) is 132 Å². The fraction of sp³-hybridized carbons (Fsp3) is 0.878. The van der Waals surface area contributed by atoms with Gasteiger partial charge in [-0.05, 0) is 85.1 Å². The number of aliphatic hydroxyl groups excluding tert-OH is 5. The topological polar surface area (TPSA) is 216 Å².